The van der Waals surface area contributed by atoms with E-state index in [1.54, 1.807) is 32.6 Å². The van der Waals surface area contributed by atoms with Crippen LogP contribution in [0.3, 0.4) is 0 Å². The van der Waals surface area contributed by atoms with Gasteiger partial charge in [-0.15, -0.1) is 17.3 Å². The molecule has 1 amide bonds. The van der Waals surface area contributed by atoms with Gasteiger partial charge in [0.1, 0.15) is 11.0 Å². The summed E-state index contributed by atoms with van der Waals surface area (Å²) in [5, 5.41) is 0.831. The minimum absolute atomic E-state index is 0.00293. The van der Waals surface area contributed by atoms with Crippen LogP contribution in [0.4, 0.5) is 0 Å². The second-order valence-electron chi connectivity index (χ2n) is 5.75. The Morgan fingerprint density at radius 1 is 1.36 bits per heavy atom. The van der Waals surface area contributed by atoms with Gasteiger partial charge >= 0.3 is 0 Å². The van der Waals surface area contributed by atoms with Gasteiger partial charge in [0.05, 0.1) is 10.8 Å². The zero-order chi connectivity index (χ0) is 18.0. The fourth-order valence-corrected chi connectivity index (χ4v) is 3.80. The highest BCUT2D eigenvalue weighted by Crippen LogP contribution is 2.38. The van der Waals surface area contributed by atoms with Crippen molar-refractivity contribution in [3.05, 3.63) is 35.1 Å². The highest BCUT2D eigenvalue weighted by atomic mass is 32.1. The number of nitrogens with two attached hydrogens (primary N) is 1. The SMILES string of the molecule is CC#Cc1cncc(-c2ncc([C@H]3N=C(N)N(C)C(=O)C3CC)s2)c1. The summed E-state index contributed by atoms with van der Waals surface area (Å²) in [5.41, 5.74) is 7.65. The number of nitrogens with zero attached hydrogens (tertiary/aromatic N) is 4. The Balaban J connectivity index is 1.96. The molecule has 2 atom stereocenters. The number of hydrogen-bond donors (Lipinski definition) is 1. The largest absolute Gasteiger partial charge is 0.369 e. The minimum atomic E-state index is -0.286. The molecule has 0 spiro atoms. The second kappa shape index (κ2) is 7.03. The Hall–Kier alpha value is -2.72. The van der Waals surface area contributed by atoms with Crippen molar-refractivity contribution in [2.75, 3.05) is 7.05 Å². The molecule has 0 aliphatic carbocycles. The summed E-state index contributed by atoms with van der Waals surface area (Å²) in [5.74, 6) is 5.88. The van der Waals surface area contributed by atoms with Crippen LogP contribution in [-0.2, 0) is 4.79 Å². The normalized spacial score (nSPS) is 20.0. The van der Waals surface area contributed by atoms with Crippen molar-refractivity contribution >= 4 is 23.2 Å². The standard InChI is InChI=1S/C18H19N5OS/c1-4-6-11-7-12(9-20-8-11)16-21-10-14(25-16)15-13(5-2)17(24)23(3)18(19)22-15/h7-10,13,15H,5H2,1-3H3,(H2,19,22)/t13?,15-/m0/s1. The van der Waals surface area contributed by atoms with Crippen LogP contribution in [0, 0.1) is 17.8 Å². The fraction of sp³-hybridized carbons (Fsp3) is 0.333. The molecule has 3 heterocycles. The molecule has 1 unspecified atom stereocenters. The Labute approximate surface area is 150 Å². The first-order chi connectivity index (χ1) is 12.0. The van der Waals surface area contributed by atoms with E-state index < -0.39 is 0 Å². The third kappa shape index (κ3) is 3.26. The van der Waals surface area contributed by atoms with Gasteiger partial charge in [-0.2, -0.15) is 0 Å². The van der Waals surface area contributed by atoms with E-state index in [4.69, 9.17) is 5.73 Å². The van der Waals surface area contributed by atoms with Crippen molar-refractivity contribution in [3.8, 4) is 22.4 Å². The fourth-order valence-electron chi connectivity index (χ4n) is 2.80. The van der Waals surface area contributed by atoms with Gasteiger partial charge in [0.25, 0.3) is 0 Å². The molecule has 0 bridgehead atoms. The lowest BCUT2D eigenvalue weighted by molar-refractivity contribution is -0.132. The highest BCUT2D eigenvalue weighted by molar-refractivity contribution is 7.15. The molecule has 2 N–H and O–H groups in total. The van der Waals surface area contributed by atoms with Gasteiger partial charge in [0.2, 0.25) is 5.91 Å². The number of aliphatic imine (C=N–C) groups is 1. The Bertz CT molecular complexity index is 892. The monoisotopic (exact) mass is 353 g/mol. The van der Waals surface area contributed by atoms with E-state index in [1.807, 2.05) is 13.0 Å². The van der Waals surface area contributed by atoms with Gasteiger partial charge < -0.3 is 5.73 Å². The van der Waals surface area contributed by atoms with Crippen LogP contribution >= 0.6 is 11.3 Å². The van der Waals surface area contributed by atoms with Crippen LogP contribution in [0.2, 0.25) is 0 Å². The number of guanidine groups is 1. The van der Waals surface area contributed by atoms with Crippen molar-refractivity contribution in [1.82, 2.24) is 14.9 Å². The lowest BCUT2D eigenvalue weighted by Crippen LogP contribution is -2.47. The number of hydrogen-bond acceptors (Lipinski definition) is 6. The van der Waals surface area contributed by atoms with Gasteiger partial charge in [-0.25, -0.2) is 9.98 Å². The van der Waals surface area contributed by atoms with E-state index in [-0.39, 0.29) is 23.8 Å². The highest BCUT2D eigenvalue weighted by Gasteiger charge is 2.36. The van der Waals surface area contributed by atoms with Crippen LogP contribution in [0.15, 0.2) is 29.6 Å². The molecule has 2 aromatic heterocycles. The number of carbonyl (C=O) groups is 1. The molecule has 25 heavy (non-hydrogen) atoms. The van der Waals surface area contributed by atoms with E-state index in [2.05, 4.69) is 26.8 Å². The molecule has 7 heteroatoms. The van der Waals surface area contributed by atoms with E-state index in [9.17, 15) is 4.79 Å². The Morgan fingerprint density at radius 3 is 2.88 bits per heavy atom. The van der Waals surface area contributed by atoms with Gasteiger partial charge in [-0.05, 0) is 19.4 Å². The lowest BCUT2D eigenvalue weighted by Gasteiger charge is -2.31. The number of pyridine rings is 1. The molecule has 0 radical (unpaired) electrons. The summed E-state index contributed by atoms with van der Waals surface area (Å²) < 4.78 is 0. The molecule has 6 nitrogen and oxygen atoms in total. The number of carbonyl (C=O) groups excluding carboxylic acids is 1. The molecule has 2 aromatic rings. The smallest absolute Gasteiger partial charge is 0.234 e. The van der Waals surface area contributed by atoms with Gasteiger partial charge in [-0.1, -0.05) is 12.8 Å². The summed E-state index contributed by atoms with van der Waals surface area (Å²) in [6.45, 7) is 3.78. The molecular formula is C18H19N5OS. The van der Waals surface area contributed by atoms with Crippen molar-refractivity contribution in [1.29, 1.82) is 0 Å². The van der Waals surface area contributed by atoms with Gasteiger partial charge in [0, 0.05) is 36.8 Å². The van der Waals surface area contributed by atoms with Crippen LogP contribution in [0.1, 0.15) is 36.8 Å². The molecule has 1 aliphatic rings. The third-order valence-corrected chi connectivity index (χ3v) is 5.27. The molecular weight excluding hydrogens is 334 g/mol. The maximum absolute atomic E-state index is 12.5. The number of aromatic nitrogens is 2. The molecule has 128 valence electrons. The quantitative estimate of drug-likeness (QED) is 0.859. The van der Waals surface area contributed by atoms with Crippen molar-refractivity contribution in [3.63, 3.8) is 0 Å². The topological polar surface area (TPSA) is 84.5 Å². The molecule has 0 fully saturated rings. The second-order valence-corrected chi connectivity index (χ2v) is 6.81. The summed E-state index contributed by atoms with van der Waals surface area (Å²) in [6.07, 6.45) is 5.96. The summed E-state index contributed by atoms with van der Waals surface area (Å²) in [4.78, 5) is 28.1. The lowest BCUT2D eigenvalue weighted by atomic mass is 9.93. The maximum atomic E-state index is 12.5. The van der Waals surface area contributed by atoms with Gasteiger partial charge in [0.15, 0.2) is 5.96 Å². The van der Waals surface area contributed by atoms with Crippen molar-refractivity contribution in [2.45, 2.75) is 26.3 Å². The maximum Gasteiger partial charge on any atom is 0.234 e. The Kier molecular flexibility index (Phi) is 4.81. The summed E-state index contributed by atoms with van der Waals surface area (Å²) in [6, 6.07) is 1.67. The zero-order valence-corrected chi connectivity index (χ0v) is 15.2. The average Bonchev–Trinajstić information content (AvgIpc) is 3.10. The van der Waals surface area contributed by atoms with Crippen LogP contribution in [-0.4, -0.2) is 33.8 Å². The predicted octanol–water partition coefficient (Wildman–Crippen LogP) is 2.43. The van der Waals surface area contributed by atoms with E-state index in [0.717, 1.165) is 21.0 Å². The first kappa shape index (κ1) is 17.1. The summed E-state index contributed by atoms with van der Waals surface area (Å²) in [7, 11) is 1.66. The zero-order valence-electron chi connectivity index (χ0n) is 14.4. The van der Waals surface area contributed by atoms with E-state index >= 15 is 0 Å². The first-order valence-electron chi connectivity index (χ1n) is 7.99. The third-order valence-electron chi connectivity index (χ3n) is 4.15. The average molecular weight is 353 g/mol. The number of thiazole rings is 1. The van der Waals surface area contributed by atoms with Crippen LogP contribution < -0.4 is 5.73 Å². The first-order valence-corrected chi connectivity index (χ1v) is 8.81. The minimum Gasteiger partial charge on any atom is -0.369 e. The van der Waals surface area contributed by atoms with Crippen LogP contribution in [0.5, 0.6) is 0 Å². The van der Waals surface area contributed by atoms with E-state index in [0.29, 0.717) is 6.42 Å². The predicted molar refractivity (Wildman–Crippen MR) is 98.8 cm³/mol. The molecule has 1 aliphatic heterocycles. The molecule has 3 rings (SSSR count). The van der Waals surface area contributed by atoms with Crippen molar-refractivity contribution < 1.29 is 4.79 Å². The number of amides is 1. The van der Waals surface area contributed by atoms with Gasteiger partial charge in [-0.3, -0.25) is 14.7 Å². The number of rotatable bonds is 3. The van der Waals surface area contributed by atoms with Crippen molar-refractivity contribution in [2.24, 2.45) is 16.6 Å². The molecule has 0 saturated heterocycles. The molecule has 0 saturated carbocycles. The Morgan fingerprint density at radius 2 is 2.16 bits per heavy atom. The molecule has 0 aromatic carbocycles. The summed E-state index contributed by atoms with van der Waals surface area (Å²) >= 11 is 1.51. The van der Waals surface area contributed by atoms with Crippen LogP contribution in [0.25, 0.3) is 10.6 Å². The van der Waals surface area contributed by atoms with E-state index in [1.165, 1.54) is 16.2 Å².